The van der Waals surface area contributed by atoms with Gasteiger partial charge in [0.05, 0.1) is 0 Å². The summed E-state index contributed by atoms with van der Waals surface area (Å²) < 4.78 is 18.7. The monoisotopic (exact) mass is 1280 g/mol. The summed E-state index contributed by atoms with van der Waals surface area (Å²) in [4.78, 5) is 10.9. The molecule has 8 heteroatoms. The van der Waals surface area contributed by atoms with Crippen LogP contribution in [0.4, 0.5) is 22.7 Å². The van der Waals surface area contributed by atoms with Gasteiger partial charge in [0.1, 0.15) is 0 Å². The van der Waals surface area contributed by atoms with Crippen LogP contribution in [0.1, 0.15) is 279 Å². The minimum absolute atomic E-state index is 0.0691. The van der Waals surface area contributed by atoms with Crippen LogP contribution in [-0.2, 0) is 7.53 Å². The molecule has 6 aromatic rings. The number of rotatable bonds is 19. The van der Waals surface area contributed by atoms with Crippen LogP contribution in [0.25, 0.3) is 0 Å². The topological polar surface area (TPSA) is 49.7 Å². The van der Waals surface area contributed by atoms with Gasteiger partial charge in [-0.3, -0.25) is 0 Å². The van der Waals surface area contributed by atoms with Crippen molar-refractivity contribution in [2.24, 2.45) is 21.8 Å². The molecule has 0 unspecified atom stereocenters. The molecule has 0 amide bonds. The number of hydrogen-bond acceptors (Lipinski definition) is 6. The van der Waals surface area contributed by atoms with E-state index < -0.39 is 32.0 Å². The van der Waals surface area contributed by atoms with Crippen LogP contribution in [-0.4, -0.2) is 43.4 Å². The Hall–Kier alpha value is -5.25. The van der Waals surface area contributed by atoms with Crippen molar-refractivity contribution in [2.75, 3.05) is 7.71 Å². The van der Waals surface area contributed by atoms with Gasteiger partial charge in [0.2, 0.25) is 0 Å². The Balaban J connectivity index is 0.000000251. The zero-order chi connectivity index (χ0) is 63.1. The molecule has 0 bridgehead atoms. The van der Waals surface area contributed by atoms with Crippen molar-refractivity contribution in [3.05, 3.63) is 214 Å². The second-order valence-electron chi connectivity index (χ2n) is 26.3. The predicted octanol–water partition coefficient (Wildman–Crippen LogP) is 23.0. The molecule has 0 aromatic heterocycles. The zero-order valence-electron chi connectivity index (χ0n) is 56.5. The van der Waals surface area contributed by atoms with Gasteiger partial charge in [0.15, 0.2) is 0 Å². The molecule has 4 atom stereocenters. The van der Waals surface area contributed by atoms with Crippen molar-refractivity contribution in [1.82, 2.24) is 0 Å². The molecule has 6 aromatic carbocycles. The van der Waals surface area contributed by atoms with Crippen LogP contribution in [0.5, 0.6) is 0 Å². The fourth-order valence-corrected chi connectivity index (χ4v) is 16.6. The fraction of sp³-hybridized carbons (Fsp3) is 0.462. The van der Waals surface area contributed by atoms with Crippen LogP contribution >= 0.6 is 0 Å². The second-order valence-corrected chi connectivity index (χ2v) is 29.9. The molecular weight excluding hydrogens is 1170 g/mol. The minimum Gasteiger partial charge on any atom is -0.0654 e. The van der Waals surface area contributed by atoms with Crippen LogP contribution in [0.2, 0.25) is 0 Å². The van der Waals surface area contributed by atoms with E-state index in [-0.39, 0.29) is 24.0 Å². The first-order chi connectivity index (χ1) is 41.0. The van der Waals surface area contributed by atoms with E-state index in [2.05, 4.69) is 280 Å². The average Bonchev–Trinajstić information content (AvgIpc) is 3.21. The smallest absolute Gasteiger partial charge is 0.0536 e. The first-order valence-corrected chi connectivity index (χ1v) is 36.1. The Morgan fingerprint density at radius 3 is 0.860 bits per heavy atom. The quantitative estimate of drug-likeness (QED) is 0.0461. The molecule has 4 radical (unpaired) electrons. The van der Waals surface area contributed by atoms with E-state index in [1.807, 2.05) is 0 Å². The maximum absolute atomic E-state index is 6.91. The zero-order valence-corrected chi connectivity index (χ0v) is 60.7. The Bertz CT molecular complexity index is 2890. The van der Waals surface area contributed by atoms with Gasteiger partial charge >= 0.3 is 501 Å². The van der Waals surface area contributed by atoms with Gasteiger partial charge in [-0.05, 0) is 0 Å². The minimum atomic E-state index is -0.960. The summed E-state index contributed by atoms with van der Waals surface area (Å²) >= 11 is -1.92. The van der Waals surface area contributed by atoms with Gasteiger partial charge in [-0.15, -0.1) is 0 Å². The molecular formula is C78H106Ge2N4O2. The molecule has 2 heterocycles. The molecule has 6 nitrogen and oxygen atoms in total. The molecule has 0 spiro atoms. The maximum Gasteiger partial charge on any atom is -0.0536 e. The Labute approximate surface area is 537 Å². The Morgan fingerprint density at radius 1 is 0.384 bits per heavy atom. The summed E-state index contributed by atoms with van der Waals surface area (Å²) in [5, 5.41) is 0. The van der Waals surface area contributed by atoms with Gasteiger partial charge in [0, 0.05) is 0 Å². The standard InChI is InChI=1S/2C36H46GeN2O.C6H14/c2*1-22(2)29-18-14-19-30(23(3)4)34(29)38-26(9)33-27(10)39(37-40-36(33)28-16-12-11-13-17-28)35-31(24(5)6)20-15-21-32(35)25(7)8;1-3-5-6-4-2/h2*11-25,33,36H,10H2,1-9H3;3-6H2,1-2H3/t2*33-,36-;/m10./s1. The Morgan fingerprint density at radius 2 is 0.628 bits per heavy atom. The largest absolute Gasteiger partial charge is 0.0654 e. The van der Waals surface area contributed by atoms with E-state index in [4.69, 9.17) is 30.7 Å². The molecule has 2 aliphatic rings. The van der Waals surface area contributed by atoms with Gasteiger partial charge in [-0.1, -0.05) is 39.5 Å². The molecule has 458 valence electrons. The third kappa shape index (κ3) is 16.9. The van der Waals surface area contributed by atoms with Crippen molar-refractivity contribution in [3.8, 4) is 0 Å². The summed E-state index contributed by atoms with van der Waals surface area (Å²) in [5.41, 5.74) is 22.1. The summed E-state index contributed by atoms with van der Waals surface area (Å²) in [7, 11) is 0. The van der Waals surface area contributed by atoms with Crippen LogP contribution in [0.3, 0.4) is 0 Å². The van der Waals surface area contributed by atoms with Crippen molar-refractivity contribution >= 4 is 66.2 Å². The number of nitrogens with zero attached hydrogens (tertiary/aromatic N) is 4. The first-order valence-electron chi connectivity index (χ1n) is 32.5. The molecule has 0 aliphatic carbocycles. The molecule has 0 N–H and O–H groups in total. The number of aliphatic imine (C=N–C) groups is 2. The Kier molecular flexibility index (Phi) is 26.7. The summed E-state index contributed by atoms with van der Waals surface area (Å²) in [5.74, 6) is 3.01. The van der Waals surface area contributed by atoms with Crippen molar-refractivity contribution in [2.45, 2.75) is 224 Å². The molecule has 2 aliphatic heterocycles. The van der Waals surface area contributed by atoms with E-state index in [0.717, 1.165) is 34.2 Å². The molecule has 2 fully saturated rings. The third-order valence-corrected chi connectivity index (χ3v) is 21.4. The van der Waals surface area contributed by atoms with Crippen LogP contribution < -0.4 is 7.71 Å². The van der Waals surface area contributed by atoms with Gasteiger partial charge in [0.25, 0.3) is 0 Å². The molecule has 8 rings (SSSR count). The molecule has 0 saturated carbocycles. The summed E-state index contributed by atoms with van der Waals surface area (Å²) in [6, 6.07) is 48.1. The van der Waals surface area contributed by atoms with Gasteiger partial charge in [-0.2, -0.15) is 0 Å². The van der Waals surface area contributed by atoms with Gasteiger partial charge < -0.3 is 0 Å². The SMILES string of the molecule is C=C1[C@@H](C(C)=Nc2c(C(C)C)cccc2C(C)C)[C@@H](c2ccccc2)[O][Ge][N]1c1c(C(C)C)cccc1C(C)C.C=C1[C@H](C(C)=Nc2c(C(C)C)cccc2C(C)C)[C@H](c2ccccc2)[O][Ge][N]1c1c(C(C)C)cccc1C(C)C.CCCCCC. The summed E-state index contributed by atoms with van der Waals surface area (Å²) in [6.07, 6.45) is 5.33. The van der Waals surface area contributed by atoms with Gasteiger partial charge in [-0.25, -0.2) is 0 Å². The number of para-hydroxylation sites is 4. The first kappa shape index (κ1) is 69.8. The van der Waals surface area contributed by atoms with E-state index >= 15 is 0 Å². The average molecular weight is 1280 g/mol. The summed E-state index contributed by atoms with van der Waals surface area (Å²) in [6.45, 7) is 54.7. The maximum atomic E-state index is 6.91. The van der Waals surface area contributed by atoms with Crippen molar-refractivity contribution in [1.29, 1.82) is 0 Å². The fourth-order valence-electron chi connectivity index (χ4n) is 12.0. The number of unbranched alkanes of at least 4 members (excludes halogenated alkanes) is 3. The van der Waals surface area contributed by atoms with E-state index in [1.54, 1.807) is 0 Å². The molecule has 2 saturated heterocycles. The predicted molar refractivity (Wildman–Crippen MR) is 376 cm³/mol. The number of benzene rings is 6. The van der Waals surface area contributed by atoms with Crippen molar-refractivity contribution < 1.29 is 7.53 Å². The normalized spacial score (nSPS) is 17.8. The van der Waals surface area contributed by atoms with Crippen LogP contribution in [0.15, 0.2) is 168 Å². The second kappa shape index (κ2) is 32.8. The van der Waals surface area contributed by atoms with Crippen molar-refractivity contribution in [3.63, 3.8) is 0 Å². The van der Waals surface area contributed by atoms with Crippen LogP contribution in [0, 0.1) is 11.8 Å². The van der Waals surface area contributed by atoms with E-state index in [0.29, 0.717) is 47.3 Å². The van der Waals surface area contributed by atoms with E-state index in [9.17, 15) is 0 Å². The van der Waals surface area contributed by atoms with E-state index in [1.165, 1.54) is 92.7 Å². The third-order valence-electron chi connectivity index (χ3n) is 16.9. The molecule has 86 heavy (non-hydrogen) atoms. The number of hydrogen-bond donors (Lipinski definition) is 0. The number of anilines is 2.